The third kappa shape index (κ3) is 6.02. The monoisotopic (exact) mass is 334 g/mol. The Morgan fingerprint density at radius 2 is 1.57 bits per heavy atom. The van der Waals surface area contributed by atoms with Gasteiger partial charge in [-0.25, -0.2) is 0 Å². The van der Waals surface area contributed by atoms with Gasteiger partial charge in [-0.2, -0.15) is 0 Å². The van der Waals surface area contributed by atoms with Crippen LogP contribution in [-0.4, -0.2) is 0 Å². The molecule has 0 spiro atoms. The highest BCUT2D eigenvalue weighted by molar-refractivity contribution is 6.31. The SMILES string of the molecule is CCCCCCCCCCCc1cc(=O)c2cc(Cl)ccc2o1. The molecule has 0 amide bonds. The van der Waals surface area contributed by atoms with Crippen LogP contribution >= 0.6 is 11.6 Å². The Balaban J connectivity index is 1.73. The van der Waals surface area contributed by atoms with Crippen LogP contribution in [0.3, 0.4) is 0 Å². The van der Waals surface area contributed by atoms with Crippen molar-refractivity contribution in [1.29, 1.82) is 0 Å². The molecule has 2 rings (SSSR count). The third-order valence-electron chi connectivity index (χ3n) is 4.27. The lowest BCUT2D eigenvalue weighted by Gasteiger charge is -2.04. The topological polar surface area (TPSA) is 30.2 Å². The largest absolute Gasteiger partial charge is 0.461 e. The van der Waals surface area contributed by atoms with Crippen LogP contribution in [0.1, 0.15) is 70.5 Å². The van der Waals surface area contributed by atoms with E-state index in [1.165, 1.54) is 51.4 Å². The molecule has 2 aromatic rings. The van der Waals surface area contributed by atoms with E-state index in [1.807, 2.05) is 0 Å². The van der Waals surface area contributed by atoms with E-state index in [-0.39, 0.29) is 5.43 Å². The van der Waals surface area contributed by atoms with E-state index in [9.17, 15) is 4.79 Å². The van der Waals surface area contributed by atoms with Gasteiger partial charge in [0.25, 0.3) is 0 Å². The van der Waals surface area contributed by atoms with Crippen LogP contribution in [0.2, 0.25) is 5.02 Å². The molecule has 0 aliphatic rings. The number of benzene rings is 1. The van der Waals surface area contributed by atoms with Crippen molar-refractivity contribution in [2.75, 3.05) is 0 Å². The first-order valence-corrected chi connectivity index (χ1v) is 9.31. The summed E-state index contributed by atoms with van der Waals surface area (Å²) in [6.45, 7) is 2.25. The van der Waals surface area contributed by atoms with Crippen LogP contribution in [0.4, 0.5) is 0 Å². The van der Waals surface area contributed by atoms with Gasteiger partial charge in [0.15, 0.2) is 5.43 Å². The molecule has 0 unspecified atom stereocenters. The number of fused-ring (bicyclic) bond motifs is 1. The molecule has 1 heterocycles. The fourth-order valence-electron chi connectivity index (χ4n) is 2.91. The average Bonchev–Trinajstić information content (AvgIpc) is 2.54. The van der Waals surface area contributed by atoms with E-state index >= 15 is 0 Å². The number of halogens is 1. The van der Waals surface area contributed by atoms with Gasteiger partial charge in [0.2, 0.25) is 0 Å². The van der Waals surface area contributed by atoms with Crippen LogP contribution in [0.25, 0.3) is 11.0 Å². The van der Waals surface area contributed by atoms with Crippen LogP contribution in [-0.2, 0) is 6.42 Å². The molecule has 126 valence electrons. The molecular formula is C20H27ClO2. The zero-order valence-electron chi connectivity index (χ0n) is 14.1. The highest BCUT2D eigenvalue weighted by atomic mass is 35.5. The second-order valence-corrected chi connectivity index (χ2v) is 6.73. The van der Waals surface area contributed by atoms with Crippen LogP contribution in [0.5, 0.6) is 0 Å². The van der Waals surface area contributed by atoms with Gasteiger partial charge in [0.1, 0.15) is 11.3 Å². The minimum atomic E-state index is -0.000302. The second-order valence-electron chi connectivity index (χ2n) is 6.30. The Bertz CT molecular complexity index is 660. The van der Waals surface area contributed by atoms with Gasteiger partial charge in [-0.3, -0.25) is 4.79 Å². The quantitative estimate of drug-likeness (QED) is 0.463. The molecule has 0 N–H and O–H groups in total. The van der Waals surface area contributed by atoms with Gasteiger partial charge in [-0.1, -0.05) is 69.9 Å². The fourth-order valence-corrected chi connectivity index (χ4v) is 3.08. The van der Waals surface area contributed by atoms with E-state index in [2.05, 4.69) is 6.92 Å². The Labute approximate surface area is 143 Å². The van der Waals surface area contributed by atoms with Gasteiger partial charge >= 0.3 is 0 Å². The molecule has 0 bridgehead atoms. The number of hydrogen-bond donors (Lipinski definition) is 0. The summed E-state index contributed by atoms with van der Waals surface area (Å²) in [5.74, 6) is 0.785. The fraction of sp³-hybridized carbons (Fsp3) is 0.550. The second kappa shape index (κ2) is 9.77. The maximum Gasteiger partial charge on any atom is 0.192 e. The molecule has 1 aromatic heterocycles. The van der Waals surface area contributed by atoms with E-state index in [1.54, 1.807) is 24.3 Å². The van der Waals surface area contributed by atoms with Crippen molar-refractivity contribution in [1.82, 2.24) is 0 Å². The number of unbranched alkanes of at least 4 members (excludes halogenated alkanes) is 8. The Hall–Kier alpha value is -1.28. The molecule has 0 saturated heterocycles. The molecule has 0 atom stereocenters. The lowest BCUT2D eigenvalue weighted by atomic mass is 10.1. The van der Waals surface area contributed by atoms with Gasteiger partial charge in [0.05, 0.1) is 5.39 Å². The standard InChI is InChI=1S/C20H27ClO2/c1-2-3-4-5-6-7-8-9-10-11-17-15-19(22)18-14-16(21)12-13-20(18)23-17/h12-15H,2-11H2,1H3. The number of aryl methyl sites for hydroxylation is 1. The molecule has 1 aromatic carbocycles. The zero-order valence-corrected chi connectivity index (χ0v) is 14.8. The third-order valence-corrected chi connectivity index (χ3v) is 4.50. The molecule has 3 heteroatoms. The summed E-state index contributed by atoms with van der Waals surface area (Å²) in [6.07, 6.45) is 12.5. The summed E-state index contributed by atoms with van der Waals surface area (Å²) in [4.78, 5) is 12.1. The van der Waals surface area contributed by atoms with Crippen LogP contribution < -0.4 is 5.43 Å². The highest BCUT2D eigenvalue weighted by Gasteiger charge is 2.05. The molecule has 23 heavy (non-hydrogen) atoms. The molecular weight excluding hydrogens is 308 g/mol. The summed E-state index contributed by atoms with van der Waals surface area (Å²) in [5, 5.41) is 1.13. The van der Waals surface area contributed by atoms with Gasteiger partial charge in [-0.05, 0) is 24.6 Å². The first-order chi connectivity index (χ1) is 11.2. The minimum absolute atomic E-state index is 0.000302. The lowest BCUT2D eigenvalue weighted by Crippen LogP contribution is -2.02. The highest BCUT2D eigenvalue weighted by Crippen LogP contribution is 2.19. The average molecular weight is 335 g/mol. The van der Waals surface area contributed by atoms with Crippen molar-refractivity contribution in [2.45, 2.75) is 71.1 Å². The number of hydrogen-bond acceptors (Lipinski definition) is 2. The molecule has 0 aliphatic carbocycles. The molecule has 0 fully saturated rings. The van der Waals surface area contributed by atoms with Gasteiger partial charge in [-0.15, -0.1) is 0 Å². The van der Waals surface area contributed by atoms with Crippen LogP contribution in [0.15, 0.2) is 33.5 Å². The first kappa shape index (κ1) is 18.1. The smallest absolute Gasteiger partial charge is 0.192 e. The molecule has 0 saturated carbocycles. The van der Waals surface area contributed by atoms with Crippen molar-refractivity contribution < 1.29 is 4.42 Å². The predicted octanol–water partition coefficient (Wildman–Crippen LogP) is 6.52. The van der Waals surface area contributed by atoms with E-state index in [0.717, 1.165) is 18.6 Å². The van der Waals surface area contributed by atoms with Crippen LogP contribution in [0, 0.1) is 0 Å². The van der Waals surface area contributed by atoms with E-state index in [4.69, 9.17) is 16.0 Å². The van der Waals surface area contributed by atoms with E-state index < -0.39 is 0 Å². The lowest BCUT2D eigenvalue weighted by molar-refractivity contribution is 0.508. The summed E-state index contributed by atoms with van der Waals surface area (Å²) in [6, 6.07) is 6.82. The molecule has 0 aliphatic heterocycles. The maximum atomic E-state index is 12.1. The van der Waals surface area contributed by atoms with Gasteiger partial charge < -0.3 is 4.42 Å². The van der Waals surface area contributed by atoms with Crippen molar-refractivity contribution in [2.24, 2.45) is 0 Å². The minimum Gasteiger partial charge on any atom is -0.461 e. The maximum absolute atomic E-state index is 12.1. The van der Waals surface area contributed by atoms with Crippen molar-refractivity contribution in [3.8, 4) is 0 Å². The Morgan fingerprint density at radius 1 is 0.913 bits per heavy atom. The van der Waals surface area contributed by atoms with Crippen molar-refractivity contribution in [3.63, 3.8) is 0 Å². The Kier molecular flexibility index (Phi) is 7.67. The summed E-state index contributed by atoms with van der Waals surface area (Å²) in [5.41, 5.74) is 0.632. The van der Waals surface area contributed by atoms with E-state index in [0.29, 0.717) is 16.0 Å². The van der Waals surface area contributed by atoms with Crippen molar-refractivity contribution >= 4 is 22.6 Å². The summed E-state index contributed by atoms with van der Waals surface area (Å²) < 4.78 is 5.81. The first-order valence-electron chi connectivity index (χ1n) is 8.93. The number of rotatable bonds is 10. The van der Waals surface area contributed by atoms with Crippen molar-refractivity contribution in [3.05, 3.63) is 45.3 Å². The van der Waals surface area contributed by atoms with Gasteiger partial charge in [0, 0.05) is 17.5 Å². The molecule has 0 radical (unpaired) electrons. The predicted molar refractivity (Wildman–Crippen MR) is 98.4 cm³/mol. The molecule has 2 nitrogen and oxygen atoms in total. The summed E-state index contributed by atoms with van der Waals surface area (Å²) in [7, 11) is 0. The Morgan fingerprint density at radius 3 is 2.26 bits per heavy atom. The normalized spacial score (nSPS) is 11.2. The summed E-state index contributed by atoms with van der Waals surface area (Å²) >= 11 is 5.92. The zero-order chi connectivity index (χ0) is 16.5.